The molecule has 188 valence electrons. The Morgan fingerprint density at radius 3 is 1.86 bits per heavy atom. The van der Waals surface area contributed by atoms with Gasteiger partial charge in [0.05, 0.1) is 6.54 Å². The highest BCUT2D eigenvalue weighted by Crippen LogP contribution is 2.33. The second-order valence-electron chi connectivity index (χ2n) is 11.8. The van der Waals surface area contributed by atoms with E-state index in [1.54, 1.807) is 11.8 Å². The first-order chi connectivity index (χ1) is 16.9. The molecule has 4 rings (SSSR count). The molecule has 3 nitrogen and oxygen atoms in total. The fraction of sp³-hybridized carbons (Fsp3) is 0.375. The van der Waals surface area contributed by atoms with Crippen LogP contribution in [0.2, 0.25) is 0 Å². The Kier molecular flexibility index (Phi) is 7.47. The summed E-state index contributed by atoms with van der Waals surface area (Å²) in [6.45, 7) is 18.8. The minimum atomic E-state index is 0.121. The van der Waals surface area contributed by atoms with E-state index < -0.39 is 0 Å². The first-order valence-corrected chi connectivity index (χ1v) is 13.7. The van der Waals surface area contributed by atoms with Gasteiger partial charge in [-0.15, -0.1) is 10.2 Å². The quantitative estimate of drug-likeness (QED) is 0.250. The van der Waals surface area contributed by atoms with E-state index in [1.165, 1.54) is 33.4 Å². The van der Waals surface area contributed by atoms with E-state index in [1.807, 2.05) is 0 Å². The summed E-state index contributed by atoms with van der Waals surface area (Å²) in [5.74, 6) is 1.79. The Balaban J connectivity index is 1.67. The average Bonchev–Trinajstić information content (AvgIpc) is 3.20. The van der Waals surface area contributed by atoms with Crippen molar-refractivity contribution in [3.05, 3.63) is 100 Å². The van der Waals surface area contributed by atoms with Crippen molar-refractivity contribution in [1.82, 2.24) is 14.8 Å². The van der Waals surface area contributed by atoms with Crippen molar-refractivity contribution in [3.63, 3.8) is 0 Å². The zero-order valence-electron chi connectivity index (χ0n) is 23.0. The molecule has 0 atom stereocenters. The van der Waals surface area contributed by atoms with Gasteiger partial charge in [-0.3, -0.25) is 4.57 Å². The van der Waals surface area contributed by atoms with Gasteiger partial charge in [0.1, 0.15) is 0 Å². The molecule has 0 radical (unpaired) electrons. The molecular formula is C32H39N3S. The molecule has 0 aliphatic carbocycles. The zero-order valence-corrected chi connectivity index (χ0v) is 23.8. The van der Waals surface area contributed by atoms with E-state index in [2.05, 4.69) is 137 Å². The Morgan fingerprint density at radius 2 is 1.31 bits per heavy atom. The number of hydrogen-bond donors (Lipinski definition) is 0. The maximum Gasteiger partial charge on any atom is 0.192 e. The number of rotatable bonds is 6. The van der Waals surface area contributed by atoms with Crippen LogP contribution in [0.4, 0.5) is 0 Å². The Morgan fingerprint density at radius 1 is 0.722 bits per heavy atom. The van der Waals surface area contributed by atoms with Crippen LogP contribution in [0.25, 0.3) is 11.4 Å². The second-order valence-corrected chi connectivity index (χ2v) is 12.8. The maximum absolute atomic E-state index is 4.67. The Labute approximate surface area is 221 Å². The number of hydrogen-bond acceptors (Lipinski definition) is 3. The molecule has 0 fully saturated rings. The first-order valence-electron chi connectivity index (χ1n) is 12.7. The van der Waals surface area contributed by atoms with Crippen molar-refractivity contribution >= 4 is 11.8 Å². The van der Waals surface area contributed by atoms with Crippen molar-refractivity contribution in [3.8, 4) is 11.4 Å². The Bertz CT molecular complexity index is 1300. The zero-order chi connectivity index (χ0) is 26.1. The van der Waals surface area contributed by atoms with Crippen LogP contribution in [-0.2, 0) is 23.1 Å². The van der Waals surface area contributed by atoms with Gasteiger partial charge in [0.2, 0.25) is 0 Å². The molecule has 0 spiro atoms. The predicted molar refractivity (Wildman–Crippen MR) is 154 cm³/mol. The molecule has 4 aromatic rings. The van der Waals surface area contributed by atoms with Gasteiger partial charge in [-0.05, 0) is 58.1 Å². The summed E-state index contributed by atoms with van der Waals surface area (Å²) in [5, 5.41) is 10.3. The molecule has 0 amide bonds. The van der Waals surface area contributed by atoms with Gasteiger partial charge in [0.25, 0.3) is 0 Å². The van der Waals surface area contributed by atoms with Gasteiger partial charge < -0.3 is 0 Å². The van der Waals surface area contributed by atoms with Gasteiger partial charge in [-0.1, -0.05) is 120 Å². The molecule has 1 heterocycles. The van der Waals surface area contributed by atoms with Crippen LogP contribution < -0.4 is 0 Å². The molecule has 36 heavy (non-hydrogen) atoms. The van der Waals surface area contributed by atoms with Crippen molar-refractivity contribution < 1.29 is 0 Å². The molecule has 0 bridgehead atoms. The van der Waals surface area contributed by atoms with Crippen LogP contribution in [0.1, 0.15) is 74.9 Å². The van der Waals surface area contributed by atoms with E-state index in [-0.39, 0.29) is 10.8 Å². The van der Waals surface area contributed by atoms with Crippen molar-refractivity contribution in [2.75, 3.05) is 0 Å². The van der Waals surface area contributed by atoms with Crippen molar-refractivity contribution in [1.29, 1.82) is 0 Å². The summed E-state index contributed by atoms with van der Waals surface area (Å²) in [7, 11) is 0. The van der Waals surface area contributed by atoms with Crippen molar-refractivity contribution in [2.24, 2.45) is 0 Å². The molecule has 3 aromatic carbocycles. The summed E-state index contributed by atoms with van der Waals surface area (Å²) < 4.78 is 2.26. The topological polar surface area (TPSA) is 30.7 Å². The van der Waals surface area contributed by atoms with E-state index in [0.717, 1.165) is 28.8 Å². The van der Waals surface area contributed by atoms with Crippen LogP contribution in [0.5, 0.6) is 0 Å². The van der Waals surface area contributed by atoms with E-state index in [0.29, 0.717) is 0 Å². The van der Waals surface area contributed by atoms with Crippen LogP contribution >= 0.6 is 11.8 Å². The third-order valence-corrected chi connectivity index (χ3v) is 7.81. The monoisotopic (exact) mass is 497 g/mol. The predicted octanol–water partition coefficient (Wildman–Crippen LogP) is 8.50. The van der Waals surface area contributed by atoms with E-state index in [9.17, 15) is 0 Å². The highest BCUT2D eigenvalue weighted by molar-refractivity contribution is 7.98. The highest BCUT2D eigenvalue weighted by Gasteiger charge is 2.20. The second kappa shape index (κ2) is 10.3. The molecule has 0 N–H and O–H groups in total. The lowest BCUT2D eigenvalue weighted by atomic mass is 9.84. The third-order valence-electron chi connectivity index (χ3n) is 6.82. The lowest BCUT2D eigenvalue weighted by molar-refractivity contribution is 0.589. The van der Waals surface area contributed by atoms with Gasteiger partial charge >= 0.3 is 0 Å². The number of benzene rings is 3. The van der Waals surface area contributed by atoms with Crippen molar-refractivity contribution in [2.45, 2.75) is 83.7 Å². The van der Waals surface area contributed by atoms with Gasteiger partial charge in [0, 0.05) is 11.3 Å². The van der Waals surface area contributed by atoms with Gasteiger partial charge in [-0.2, -0.15) is 0 Å². The number of thioether (sulfide) groups is 1. The SMILES string of the molecule is Cc1cc(C(C)(C)C)cc(C)c1CSc1nnc(-c2ccc(C(C)(C)C)cc2)n1Cc1ccccc1. The molecule has 0 aliphatic rings. The fourth-order valence-electron chi connectivity index (χ4n) is 4.43. The van der Waals surface area contributed by atoms with E-state index >= 15 is 0 Å². The maximum atomic E-state index is 4.67. The summed E-state index contributed by atoms with van der Waals surface area (Å²) in [4.78, 5) is 0. The first kappa shape index (κ1) is 26.2. The van der Waals surface area contributed by atoms with E-state index in [4.69, 9.17) is 0 Å². The molecule has 4 heteroatoms. The van der Waals surface area contributed by atoms with Crippen LogP contribution in [0.15, 0.2) is 71.9 Å². The molecule has 0 saturated heterocycles. The summed E-state index contributed by atoms with van der Waals surface area (Å²) in [5.41, 5.74) is 9.40. The average molecular weight is 498 g/mol. The summed E-state index contributed by atoms with van der Waals surface area (Å²) in [6.07, 6.45) is 0. The smallest absolute Gasteiger partial charge is 0.192 e. The minimum absolute atomic E-state index is 0.121. The number of nitrogens with zero attached hydrogens (tertiary/aromatic N) is 3. The third kappa shape index (κ3) is 5.92. The van der Waals surface area contributed by atoms with Gasteiger partial charge in [0.15, 0.2) is 11.0 Å². The standard InChI is InChI=1S/C32H39N3S/c1-22-18-27(32(6,7)8)19-23(2)28(22)21-36-30-34-33-29(35(30)20-24-12-10-9-11-13-24)25-14-16-26(17-15-25)31(3,4)5/h9-19H,20-21H2,1-8H3. The van der Waals surface area contributed by atoms with Crippen LogP contribution in [0.3, 0.4) is 0 Å². The number of aromatic nitrogens is 3. The molecule has 0 unspecified atom stereocenters. The summed E-state index contributed by atoms with van der Waals surface area (Å²) >= 11 is 1.77. The summed E-state index contributed by atoms with van der Waals surface area (Å²) in [6, 6.07) is 24.1. The van der Waals surface area contributed by atoms with Crippen LogP contribution in [-0.4, -0.2) is 14.8 Å². The lowest BCUT2D eigenvalue weighted by Crippen LogP contribution is -2.12. The largest absolute Gasteiger partial charge is 0.298 e. The lowest BCUT2D eigenvalue weighted by Gasteiger charge is -2.22. The number of aryl methyl sites for hydroxylation is 2. The normalized spacial score (nSPS) is 12.2. The van der Waals surface area contributed by atoms with Crippen LogP contribution in [0, 0.1) is 13.8 Å². The molecular weight excluding hydrogens is 458 g/mol. The van der Waals surface area contributed by atoms with Gasteiger partial charge in [-0.25, -0.2) is 0 Å². The minimum Gasteiger partial charge on any atom is -0.298 e. The molecule has 0 aliphatic heterocycles. The Hall–Kier alpha value is -2.85. The molecule has 1 aromatic heterocycles. The highest BCUT2D eigenvalue weighted by atomic mass is 32.2. The molecule has 0 saturated carbocycles. The fourth-order valence-corrected chi connectivity index (χ4v) is 5.56.